The van der Waals surface area contributed by atoms with E-state index in [0.29, 0.717) is 5.92 Å². The lowest BCUT2D eigenvalue weighted by Gasteiger charge is -2.33. The molecule has 2 heterocycles. The number of piperidine rings is 1. The van der Waals surface area contributed by atoms with Crippen molar-refractivity contribution in [3.8, 4) is 0 Å². The summed E-state index contributed by atoms with van der Waals surface area (Å²) < 4.78 is 1.82. The van der Waals surface area contributed by atoms with Gasteiger partial charge < -0.3 is 9.47 Å². The summed E-state index contributed by atoms with van der Waals surface area (Å²) in [5.74, 6) is 0.650. The number of aromatic nitrogens is 1. The van der Waals surface area contributed by atoms with Gasteiger partial charge >= 0.3 is 0 Å². The van der Waals surface area contributed by atoms with Crippen molar-refractivity contribution in [3.63, 3.8) is 0 Å². The highest BCUT2D eigenvalue weighted by Crippen LogP contribution is 2.29. The second-order valence-electron chi connectivity index (χ2n) is 6.44. The van der Waals surface area contributed by atoms with Crippen LogP contribution in [-0.2, 0) is 6.54 Å². The summed E-state index contributed by atoms with van der Waals surface area (Å²) in [7, 11) is 0. The van der Waals surface area contributed by atoms with Crippen molar-refractivity contribution in [2.24, 2.45) is 0 Å². The second-order valence-corrected chi connectivity index (χ2v) is 6.44. The second kappa shape index (κ2) is 7.49. The molecule has 0 N–H and O–H groups in total. The Hall–Kier alpha value is -2.03. The molecule has 1 fully saturated rings. The molecule has 1 aliphatic heterocycles. The first-order chi connectivity index (χ1) is 11.3. The molecule has 0 spiro atoms. The Bertz CT molecular complexity index is 670. The standard InChI is InChI=1S/C20H26N2O/c1-2-3-12-22-15-11-19(16-20(22)23)21-13-9-18(10-14-21)17-7-5-4-6-8-17/h4-8,11,15-16,18H,2-3,9-10,12-14H2,1H3. The third kappa shape index (κ3) is 3.84. The summed E-state index contributed by atoms with van der Waals surface area (Å²) >= 11 is 0. The van der Waals surface area contributed by atoms with E-state index < -0.39 is 0 Å². The summed E-state index contributed by atoms with van der Waals surface area (Å²) in [5.41, 5.74) is 2.65. The number of hydrogen-bond donors (Lipinski definition) is 0. The first-order valence-electron chi connectivity index (χ1n) is 8.78. The zero-order valence-electron chi connectivity index (χ0n) is 13.9. The van der Waals surface area contributed by atoms with Crippen LogP contribution in [0.5, 0.6) is 0 Å². The minimum Gasteiger partial charge on any atom is -0.371 e. The van der Waals surface area contributed by atoms with Crippen LogP contribution in [0.4, 0.5) is 5.69 Å². The Morgan fingerprint density at radius 1 is 1.09 bits per heavy atom. The highest BCUT2D eigenvalue weighted by molar-refractivity contribution is 5.45. The predicted molar refractivity (Wildman–Crippen MR) is 96.2 cm³/mol. The van der Waals surface area contributed by atoms with Gasteiger partial charge in [-0.1, -0.05) is 43.7 Å². The fourth-order valence-corrected chi connectivity index (χ4v) is 3.40. The van der Waals surface area contributed by atoms with Crippen molar-refractivity contribution in [1.29, 1.82) is 0 Å². The van der Waals surface area contributed by atoms with Crippen LogP contribution in [0.25, 0.3) is 0 Å². The number of nitrogens with zero attached hydrogens (tertiary/aromatic N) is 2. The molecule has 1 saturated heterocycles. The summed E-state index contributed by atoms with van der Waals surface area (Å²) in [5, 5.41) is 0. The number of aryl methyl sites for hydroxylation is 1. The molecule has 3 heteroatoms. The SMILES string of the molecule is CCCCn1ccc(N2CCC(c3ccccc3)CC2)cc1=O. The van der Waals surface area contributed by atoms with E-state index in [0.717, 1.165) is 51.0 Å². The van der Waals surface area contributed by atoms with E-state index in [-0.39, 0.29) is 5.56 Å². The van der Waals surface area contributed by atoms with Crippen molar-refractivity contribution < 1.29 is 0 Å². The number of benzene rings is 1. The van der Waals surface area contributed by atoms with Crippen LogP contribution in [0.1, 0.15) is 44.1 Å². The van der Waals surface area contributed by atoms with Crippen LogP contribution in [-0.4, -0.2) is 17.7 Å². The van der Waals surface area contributed by atoms with Crippen LogP contribution < -0.4 is 10.5 Å². The molecule has 122 valence electrons. The molecule has 1 aromatic heterocycles. The minimum absolute atomic E-state index is 0.126. The Morgan fingerprint density at radius 2 is 1.83 bits per heavy atom. The number of pyridine rings is 1. The van der Waals surface area contributed by atoms with Crippen LogP contribution in [0.15, 0.2) is 53.5 Å². The highest BCUT2D eigenvalue weighted by atomic mass is 16.1. The van der Waals surface area contributed by atoms with E-state index in [1.165, 1.54) is 5.56 Å². The van der Waals surface area contributed by atoms with Crippen LogP contribution in [0.2, 0.25) is 0 Å². The Labute approximate surface area is 138 Å². The fraction of sp³-hybridized carbons (Fsp3) is 0.450. The third-order valence-electron chi connectivity index (χ3n) is 4.86. The summed E-state index contributed by atoms with van der Waals surface area (Å²) in [4.78, 5) is 14.6. The average Bonchev–Trinajstić information content (AvgIpc) is 2.61. The highest BCUT2D eigenvalue weighted by Gasteiger charge is 2.20. The van der Waals surface area contributed by atoms with Crippen molar-refractivity contribution in [2.75, 3.05) is 18.0 Å². The summed E-state index contributed by atoms with van der Waals surface area (Å²) in [6.07, 6.45) is 6.44. The lowest BCUT2D eigenvalue weighted by molar-refractivity contribution is 0.504. The number of hydrogen-bond acceptors (Lipinski definition) is 2. The monoisotopic (exact) mass is 310 g/mol. The minimum atomic E-state index is 0.126. The molecule has 0 bridgehead atoms. The lowest BCUT2D eigenvalue weighted by Crippen LogP contribution is -2.34. The molecule has 2 aromatic rings. The molecule has 0 saturated carbocycles. The molecular formula is C20H26N2O. The Kier molecular flexibility index (Phi) is 5.16. The number of unbranched alkanes of at least 4 members (excludes halogenated alkanes) is 1. The smallest absolute Gasteiger partial charge is 0.252 e. The number of anilines is 1. The normalized spacial score (nSPS) is 15.8. The van der Waals surface area contributed by atoms with Crippen LogP contribution in [0.3, 0.4) is 0 Å². The predicted octanol–water partition coefficient (Wildman–Crippen LogP) is 4.03. The topological polar surface area (TPSA) is 25.2 Å². The molecule has 1 aromatic carbocycles. The van der Waals surface area contributed by atoms with Crippen LogP contribution in [0, 0.1) is 0 Å². The molecule has 23 heavy (non-hydrogen) atoms. The van der Waals surface area contributed by atoms with E-state index in [2.05, 4.69) is 48.2 Å². The average molecular weight is 310 g/mol. The zero-order chi connectivity index (χ0) is 16.1. The first-order valence-corrected chi connectivity index (χ1v) is 8.78. The first kappa shape index (κ1) is 15.9. The van der Waals surface area contributed by atoms with E-state index in [9.17, 15) is 4.79 Å². The maximum Gasteiger partial charge on any atom is 0.252 e. The van der Waals surface area contributed by atoms with Gasteiger partial charge in [-0.3, -0.25) is 4.79 Å². The van der Waals surface area contributed by atoms with Gasteiger partial charge in [0.2, 0.25) is 0 Å². The summed E-state index contributed by atoms with van der Waals surface area (Å²) in [6, 6.07) is 14.7. The lowest BCUT2D eigenvalue weighted by atomic mass is 9.89. The van der Waals surface area contributed by atoms with Gasteiger partial charge in [-0.15, -0.1) is 0 Å². The van der Waals surface area contributed by atoms with Gasteiger partial charge in [-0.2, -0.15) is 0 Å². The van der Waals surface area contributed by atoms with E-state index in [4.69, 9.17) is 0 Å². The molecule has 3 rings (SSSR count). The molecule has 1 aliphatic rings. The molecule has 0 radical (unpaired) electrons. The molecule has 3 nitrogen and oxygen atoms in total. The van der Waals surface area contributed by atoms with Gasteiger partial charge in [0.15, 0.2) is 0 Å². The van der Waals surface area contributed by atoms with Crippen molar-refractivity contribution in [3.05, 3.63) is 64.6 Å². The zero-order valence-corrected chi connectivity index (χ0v) is 13.9. The third-order valence-corrected chi connectivity index (χ3v) is 4.86. The molecule has 0 aliphatic carbocycles. The Balaban J connectivity index is 1.63. The van der Waals surface area contributed by atoms with E-state index in [1.807, 2.05) is 10.8 Å². The van der Waals surface area contributed by atoms with Crippen molar-refractivity contribution >= 4 is 5.69 Å². The fourth-order valence-electron chi connectivity index (χ4n) is 3.40. The van der Waals surface area contributed by atoms with Gasteiger partial charge in [0.25, 0.3) is 5.56 Å². The van der Waals surface area contributed by atoms with Gasteiger partial charge in [-0.25, -0.2) is 0 Å². The number of rotatable bonds is 5. The molecule has 0 unspecified atom stereocenters. The van der Waals surface area contributed by atoms with E-state index >= 15 is 0 Å². The van der Waals surface area contributed by atoms with Gasteiger partial charge in [-0.05, 0) is 36.8 Å². The maximum absolute atomic E-state index is 12.2. The molecule has 0 amide bonds. The van der Waals surface area contributed by atoms with Gasteiger partial charge in [0.1, 0.15) is 0 Å². The van der Waals surface area contributed by atoms with E-state index in [1.54, 1.807) is 6.07 Å². The molecular weight excluding hydrogens is 284 g/mol. The van der Waals surface area contributed by atoms with Gasteiger partial charge in [0, 0.05) is 37.6 Å². The summed E-state index contributed by atoms with van der Waals surface area (Å²) in [6.45, 7) is 5.03. The molecule has 0 atom stereocenters. The van der Waals surface area contributed by atoms with Crippen LogP contribution >= 0.6 is 0 Å². The van der Waals surface area contributed by atoms with Crippen molar-refractivity contribution in [1.82, 2.24) is 4.57 Å². The maximum atomic E-state index is 12.2. The van der Waals surface area contributed by atoms with Gasteiger partial charge in [0.05, 0.1) is 0 Å². The Morgan fingerprint density at radius 3 is 2.48 bits per heavy atom. The largest absolute Gasteiger partial charge is 0.371 e. The quantitative estimate of drug-likeness (QED) is 0.833. The van der Waals surface area contributed by atoms with Crippen molar-refractivity contribution in [2.45, 2.75) is 45.1 Å².